The number of nitriles is 2. The van der Waals surface area contributed by atoms with Crippen molar-refractivity contribution in [2.75, 3.05) is 11.4 Å². The summed E-state index contributed by atoms with van der Waals surface area (Å²) >= 11 is 0. The zero-order chi connectivity index (χ0) is 28.5. The van der Waals surface area contributed by atoms with Crippen LogP contribution in [0.25, 0.3) is 0 Å². The molecule has 202 valence electrons. The molecular formula is C25H21F3N6O4S. The van der Waals surface area contributed by atoms with E-state index >= 15 is 0 Å². The molecule has 39 heavy (non-hydrogen) atoms. The number of hydrogen-bond donors (Lipinski definition) is 3. The first-order chi connectivity index (χ1) is 18.4. The minimum atomic E-state index is -4.67. The molecule has 1 fully saturated rings. The first kappa shape index (κ1) is 27.6. The van der Waals surface area contributed by atoms with Crippen molar-refractivity contribution in [1.29, 1.82) is 10.5 Å². The number of carbonyl (C=O) groups is 2. The highest BCUT2D eigenvalue weighted by atomic mass is 32.2. The van der Waals surface area contributed by atoms with E-state index in [0.29, 0.717) is 13.0 Å². The van der Waals surface area contributed by atoms with Crippen molar-refractivity contribution < 1.29 is 31.2 Å². The van der Waals surface area contributed by atoms with Crippen LogP contribution in [0.1, 0.15) is 42.5 Å². The largest absolute Gasteiger partial charge is 0.416 e. The number of sulfonamides is 1. The van der Waals surface area contributed by atoms with Gasteiger partial charge in [0.05, 0.1) is 45.5 Å². The van der Waals surface area contributed by atoms with Crippen LogP contribution in [0.3, 0.4) is 0 Å². The van der Waals surface area contributed by atoms with Crippen LogP contribution in [0.15, 0.2) is 58.6 Å². The van der Waals surface area contributed by atoms with Gasteiger partial charge in [0.25, 0.3) is 0 Å². The zero-order valence-electron chi connectivity index (χ0n) is 20.3. The van der Waals surface area contributed by atoms with E-state index in [1.807, 2.05) is 12.1 Å². The maximum absolute atomic E-state index is 13.4. The highest BCUT2D eigenvalue weighted by Gasteiger charge is 2.38. The maximum atomic E-state index is 13.4. The Morgan fingerprint density at radius 1 is 1.10 bits per heavy atom. The predicted molar refractivity (Wildman–Crippen MR) is 131 cm³/mol. The number of carbonyl (C=O) groups excluding carboxylic acids is 2. The molecule has 2 unspecified atom stereocenters. The Kier molecular flexibility index (Phi) is 7.37. The van der Waals surface area contributed by atoms with Crippen molar-refractivity contribution in [2.45, 2.75) is 42.9 Å². The summed E-state index contributed by atoms with van der Waals surface area (Å²) in [5.74, 6) is -0.515. The van der Waals surface area contributed by atoms with Crippen molar-refractivity contribution >= 4 is 27.6 Å². The number of alkyl halides is 3. The van der Waals surface area contributed by atoms with E-state index < -0.39 is 50.7 Å². The summed E-state index contributed by atoms with van der Waals surface area (Å²) in [6.07, 6.45) is -3.89. The summed E-state index contributed by atoms with van der Waals surface area (Å²) in [4.78, 5) is 25.8. The molecule has 0 bridgehead atoms. The molecule has 0 aliphatic carbocycles. The number of nitrogens with zero attached hydrogens (tertiary/aromatic N) is 3. The van der Waals surface area contributed by atoms with Crippen LogP contribution >= 0.6 is 0 Å². The molecule has 3 amide bonds. The van der Waals surface area contributed by atoms with Gasteiger partial charge in [0.1, 0.15) is 6.04 Å². The lowest BCUT2D eigenvalue weighted by atomic mass is 9.94. The third-order valence-corrected chi connectivity index (χ3v) is 7.89. The van der Waals surface area contributed by atoms with Gasteiger partial charge in [-0.2, -0.15) is 28.4 Å². The number of urea groups is 1. The summed E-state index contributed by atoms with van der Waals surface area (Å²) in [5.41, 5.74) is -1.39. The summed E-state index contributed by atoms with van der Waals surface area (Å²) in [5, 5.41) is 24.4. The second kappa shape index (κ2) is 10.4. The average Bonchev–Trinajstić information content (AvgIpc) is 2.89. The summed E-state index contributed by atoms with van der Waals surface area (Å²) in [7, 11) is -4.44. The zero-order valence-corrected chi connectivity index (χ0v) is 21.2. The lowest BCUT2D eigenvalue weighted by Crippen LogP contribution is -2.50. The van der Waals surface area contributed by atoms with Crippen LogP contribution in [0, 0.1) is 22.7 Å². The van der Waals surface area contributed by atoms with E-state index in [2.05, 4.69) is 15.4 Å². The summed E-state index contributed by atoms with van der Waals surface area (Å²) in [6, 6.07) is 8.10. The van der Waals surface area contributed by atoms with E-state index in [1.54, 1.807) is 0 Å². The number of allylic oxidation sites excluding steroid dienone is 1. The van der Waals surface area contributed by atoms with E-state index in [-0.39, 0.29) is 34.5 Å². The van der Waals surface area contributed by atoms with Crippen molar-refractivity contribution in [2.24, 2.45) is 0 Å². The van der Waals surface area contributed by atoms with Gasteiger partial charge in [0, 0.05) is 12.2 Å². The minimum absolute atomic E-state index is 0.0158. The maximum Gasteiger partial charge on any atom is 0.416 e. The Balaban J connectivity index is 1.81. The molecule has 2 heterocycles. The smallest absolute Gasteiger partial charge is 0.355 e. The molecule has 0 aromatic heterocycles. The molecule has 0 spiro atoms. The fraction of sp³-hybridized carbons (Fsp3) is 0.280. The van der Waals surface area contributed by atoms with Crippen LogP contribution in [0.5, 0.6) is 0 Å². The molecule has 10 nitrogen and oxygen atoms in total. The molecule has 2 aromatic rings. The number of piperidine rings is 1. The predicted octanol–water partition coefficient (Wildman–Crippen LogP) is 3.20. The van der Waals surface area contributed by atoms with Gasteiger partial charge in [-0.25, -0.2) is 13.2 Å². The number of hydrogen-bond acceptors (Lipinski definition) is 6. The lowest BCUT2D eigenvalue weighted by molar-refractivity contribution is -0.137. The number of anilines is 1. The molecule has 4 rings (SSSR count). The fourth-order valence-corrected chi connectivity index (χ4v) is 5.97. The second-order valence-corrected chi connectivity index (χ2v) is 10.5. The normalized spacial score (nSPS) is 20.1. The molecular weight excluding hydrogens is 537 g/mol. The second-order valence-electron chi connectivity index (χ2n) is 8.85. The Hall–Kier alpha value is -4.40. The van der Waals surface area contributed by atoms with E-state index in [9.17, 15) is 41.7 Å². The van der Waals surface area contributed by atoms with Crippen molar-refractivity contribution in [3.63, 3.8) is 0 Å². The van der Waals surface area contributed by atoms with Gasteiger partial charge < -0.3 is 10.6 Å². The Morgan fingerprint density at radius 2 is 1.85 bits per heavy atom. The van der Waals surface area contributed by atoms with Gasteiger partial charge >= 0.3 is 12.2 Å². The summed E-state index contributed by atoms with van der Waals surface area (Å²) < 4.78 is 69.0. The number of benzene rings is 2. The molecule has 2 aliphatic heterocycles. The number of halogens is 3. The van der Waals surface area contributed by atoms with E-state index in [1.165, 1.54) is 25.1 Å². The molecule has 2 aliphatic rings. The fourth-order valence-electron chi connectivity index (χ4n) is 4.46. The molecule has 2 aromatic carbocycles. The topological polar surface area (TPSA) is 155 Å². The average molecular weight is 559 g/mol. The SMILES string of the molecule is CC1=C(C#N)C(c2ccc(C#N)cc2S(=O)(=O)NC2CCCNC2=O)NC(=O)N1c1cccc(C(F)(F)F)c1. The summed E-state index contributed by atoms with van der Waals surface area (Å²) in [6.45, 7) is 1.76. The van der Waals surface area contributed by atoms with Gasteiger partial charge in [-0.15, -0.1) is 0 Å². The standard InChI is InChI=1S/C25H21F3N6O4S/c1-14-19(13-30)22(32-24(36)34(14)17-5-2-4-16(11-17)25(26,27)28)18-8-7-15(12-29)10-21(18)39(37,38)33-20-6-3-9-31-23(20)35/h2,4-5,7-8,10-11,20,22,33H,3,6,9H2,1H3,(H,31,35)(H,32,36). The van der Waals surface area contributed by atoms with Gasteiger partial charge in [-0.05, 0) is 55.7 Å². The third-order valence-electron chi connectivity index (χ3n) is 6.36. The first-order valence-electron chi connectivity index (χ1n) is 11.6. The molecule has 1 saturated heterocycles. The Morgan fingerprint density at radius 3 is 2.49 bits per heavy atom. The number of nitrogens with one attached hydrogen (secondary N) is 3. The van der Waals surface area contributed by atoms with Crippen molar-refractivity contribution in [3.05, 3.63) is 70.4 Å². The van der Waals surface area contributed by atoms with Crippen LogP contribution in [0.2, 0.25) is 0 Å². The van der Waals surface area contributed by atoms with Gasteiger partial charge in [-0.3, -0.25) is 9.69 Å². The van der Waals surface area contributed by atoms with Crippen LogP contribution in [-0.2, 0) is 21.0 Å². The minimum Gasteiger partial charge on any atom is -0.355 e. The Labute approximate surface area is 221 Å². The van der Waals surface area contributed by atoms with Crippen molar-refractivity contribution in [3.8, 4) is 12.1 Å². The highest BCUT2D eigenvalue weighted by Crippen LogP contribution is 2.38. The highest BCUT2D eigenvalue weighted by molar-refractivity contribution is 7.89. The number of rotatable bonds is 5. The molecule has 0 radical (unpaired) electrons. The van der Waals surface area contributed by atoms with Crippen molar-refractivity contribution in [1.82, 2.24) is 15.4 Å². The van der Waals surface area contributed by atoms with Crippen LogP contribution < -0.4 is 20.3 Å². The van der Waals surface area contributed by atoms with Gasteiger partial charge in [-0.1, -0.05) is 12.1 Å². The lowest BCUT2D eigenvalue weighted by Gasteiger charge is -2.35. The number of amides is 3. The Bertz CT molecular complexity index is 1570. The quantitative estimate of drug-likeness (QED) is 0.512. The van der Waals surface area contributed by atoms with Crippen LogP contribution in [-0.4, -0.2) is 32.9 Å². The van der Waals surface area contributed by atoms with Crippen LogP contribution in [0.4, 0.5) is 23.7 Å². The van der Waals surface area contributed by atoms with E-state index in [4.69, 9.17) is 0 Å². The monoisotopic (exact) mass is 558 g/mol. The third kappa shape index (κ3) is 5.43. The molecule has 3 N–H and O–H groups in total. The van der Waals surface area contributed by atoms with Gasteiger partial charge in [0.2, 0.25) is 15.9 Å². The molecule has 0 saturated carbocycles. The molecule has 14 heteroatoms. The first-order valence-corrected chi connectivity index (χ1v) is 13.1. The molecule has 2 atom stereocenters. The van der Waals surface area contributed by atoms with Gasteiger partial charge in [0.15, 0.2) is 0 Å². The van der Waals surface area contributed by atoms with E-state index in [0.717, 1.165) is 29.2 Å².